The molecule has 0 aliphatic carbocycles. The number of anilines is 1. The molecule has 0 saturated heterocycles. The number of thiophene rings is 1. The van der Waals surface area contributed by atoms with Crippen LogP contribution in [0.1, 0.15) is 30.2 Å². The summed E-state index contributed by atoms with van der Waals surface area (Å²) in [5, 5.41) is 4.63. The van der Waals surface area contributed by atoms with Gasteiger partial charge in [0.05, 0.1) is 11.6 Å². The standard InChI is InChI=1S/C25H27ClFN3O2S/c1-2-3-13-29(25(32)28-20-11-12-23(27)22(26)15-20)18-24(31)30(17-21-10-7-14-33-21)16-19-8-5-4-6-9-19/h4-12,14-15H,2-3,13,16-18H2,1H3,(H,28,32). The van der Waals surface area contributed by atoms with E-state index in [0.717, 1.165) is 23.3 Å². The molecular weight excluding hydrogens is 461 g/mol. The summed E-state index contributed by atoms with van der Waals surface area (Å²) in [7, 11) is 0. The summed E-state index contributed by atoms with van der Waals surface area (Å²) in [5.41, 5.74) is 1.40. The van der Waals surface area contributed by atoms with Crippen LogP contribution >= 0.6 is 22.9 Å². The first kappa shape index (κ1) is 24.7. The molecule has 1 N–H and O–H groups in total. The predicted octanol–water partition coefficient (Wildman–Crippen LogP) is 6.40. The summed E-state index contributed by atoms with van der Waals surface area (Å²) >= 11 is 7.42. The molecule has 3 amide bonds. The molecule has 5 nitrogen and oxygen atoms in total. The van der Waals surface area contributed by atoms with Crippen molar-refractivity contribution < 1.29 is 14.0 Å². The maximum absolute atomic E-state index is 13.5. The van der Waals surface area contributed by atoms with E-state index in [1.807, 2.05) is 54.8 Å². The SMILES string of the molecule is CCCCN(CC(=O)N(Cc1ccccc1)Cc1cccs1)C(=O)Nc1ccc(F)c(Cl)c1. The van der Waals surface area contributed by atoms with Crippen LogP contribution in [0.3, 0.4) is 0 Å². The molecule has 3 rings (SSSR count). The van der Waals surface area contributed by atoms with Gasteiger partial charge in [0, 0.05) is 23.7 Å². The molecule has 0 spiro atoms. The summed E-state index contributed by atoms with van der Waals surface area (Å²) in [5.74, 6) is -0.701. The Morgan fingerprint density at radius 1 is 1.03 bits per heavy atom. The highest BCUT2D eigenvalue weighted by molar-refractivity contribution is 7.09. The molecule has 0 bridgehead atoms. The molecule has 0 atom stereocenters. The Balaban J connectivity index is 1.74. The Morgan fingerprint density at radius 2 is 1.82 bits per heavy atom. The van der Waals surface area contributed by atoms with Crippen molar-refractivity contribution in [2.45, 2.75) is 32.9 Å². The van der Waals surface area contributed by atoms with Gasteiger partial charge in [0.2, 0.25) is 5.91 Å². The van der Waals surface area contributed by atoms with Crippen molar-refractivity contribution in [3.8, 4) is 0 Å². The van der Waals surface area contributed by atoms with E-state index in [0.29, 0.717) is 25.3 Å². The third kappa shape index (κ3) is 7.58. The predicted molar refractivity (Wildman–Crippen MR) is 132 cm³/mol. The summed E-state index contributed by atoms with van der Waals surface area (Å²) < 4.78 is 13.5. The second kappa shape index (κ2) is 12.4. The van der Waals surface area contributed by atoms with Gasteiger partial charge >= 0.3 is 6.03 Å². The number of carbonyl (C=O) groups excluding carboxylic acids is 2. The highest BCUT2D eigenvalue weighted by Crippen LogP contribution is 2.20. The average molecular weight is 488 g/mol. The second-order valence-corrected chi connectivity index (χ2v) is 9.09. The minimum atomic E-state index is -0.558. The second-order valence-electron chi connectivity index (χ2n) is 7.65. The van der Waals surface area contributed by atoms with Gasteiger partial charge in [0.25, 0.3) is 0 Å². The van der Waals surface area contributed by atoms with E-state index >= 15 is 0 Å². The monoisotopic (exact) mass is 487 g/mol. The fourth-order valence-corrected chi connectivity index (χ4v) is 4.17. The lowest BCUT2D eigenvalue weighted by Gasteiger charge is -2.28. The highest BCUT2D eigenvalue weighted by atomic mass is 35.5. The summed E-state index contributed by atoms with van der Waals surface area (Å²) in [4.78, 5) is 30.6. The van der Waals surface area contributed by atoms with Gasteiger partial charge in [0.1, 0.15) is 12.4 Å². The maximum atomic E-state index is 13.5. The van der Waals surface area contributed by atoms with Crippen LogP contribution in [-0.4, -0.2) is 34.8 Å². The van der Waals surface area contributed by atoms with Crippen molar-refractivity contribution in [1.29, 1.82) is 0 Å². The number of halogens is 2. The molecule has 1 heterocycles. The van der Waals surface area contributed by atoms with Crippen LogP contribution in [0.25, 0.3) is 0 Å². The summed E-state index contributed by atoms with van der Waals surface area (Å²) in [6.45, 7) is 3.33. The van der Waals surface area contributed by atoms with Gasteiger partial charge in [-0.05, 0) is 41.6 Å². The molecule has 0 radical (unpaired) electrons. The number of hydrogen-bond acceptors (Lipinski definition) is 3. The van der Waals surface area contributed by atoms with Crippen LogP contribution in [-0.2, 0) is 17.9 Å². The molecular formula is C25H27ClFN3O2S. The van der Waals surface area contributed by atoms with Crippen molar-refractivity contribution in [1.82, 2.24) is 9.80 Å². The molecule has 0 fully saturated rings. The van der Waals surface area contributed by atoms with E-state index in [1.54, 1.807) is 16.2 Å². The molecule has 3 aromatic rings. The molecule has 8 heteroatoms. The van der Waals surface area contributed by atoms with E-state index in [4.69, 9.17) is 11.6 Å². The lowest BCUT2D eigenvalue weighted by molar-refractivity contribution is -0.133. The molecule has 33 heavy (non-hydrogen) atoms. The number of nitrogens with one attached hydrogen (secondary N) is 1. The Hall–Kier alpha value is -2.90. The Kier molecular flexibility index (Phi) is 9.27. The van der Waals surface area contributed by atoms with Gasteiger partial charge in [-0.1, -0.05) is 61.3 Å². The largest absolute Gasteiger partial charge is 0.332 e. The average Bonchev–Trinajstić information content (AvgIpc) is 3.32. The zero-order valence-corrected chi connectivity index (χ0v) is 20.0. The minimum absolute atomic E-state index is 0.0566. The smallest absolute Gasteiger partial charge is 0.322 e. The Bertz CT molecular complexity index is 1050. The van der Waals surface area contributed by atoms with Crippen LogP contribution in [0, 0.1) is 5.82 Å². The molecule has 0 aliphatic heterocycles. The first-order valence-corrected chi connectivity index (χ1v) is 12.1. The van der Waals surface area contributed by atoms with E-state index in [2.05, 4.69) is 5.32 Å². The van der Waals surface area contributed by atoms with E-state index < -0.39 is 11.8 Å². The number of carbonyl (C=O) groups is 2. The molecule has 0 aliphatic rings. The fraction of sp³-hybridized carbons (Fsp3) is 0.280. The van der Waals surface area contributed by atoms with E-state index in [9.17, 15) is 14.0 Å². The summed E-state index contributed by atoms with van der Waals surface area (Å²) in [6, 6.07) is 17.3. The minimum Gasteiger partial charge on any atom is -0.332 e. The van der Waals surface area contributed by atoms with Gasteiger partial charge in [-0.3, -0.25) is 4.79 Å². The van der Waals surface area contributed by atoms with Gasteiger partial charge in [0.15, 0.2) is 0 Å². The van der Waals surface area contributed by atoms with Gasteiger partial charge in [-0.2, -0.15) is 0 Å². The van der Waals surface area contributed by atoms with Crippen molar-refractivity contribution in [3.63, 3.8) is 0 Å². The number of unbranched alkanes of at least 4 members (excludes halogenated alkanes) is 1. The fourth-order valence-electron chi connectivity index (χ4n) is 3.27. The van der Waals surface area contributed by atoms with Crippen LogP contribution in [0.15, 0.2) is 66.0 Å². The Labute approximate surface area is 202 Å². The highest BCUT2D eigenvalue weighted by Gasteiger charge is 2.22. The third-order valence-corrected chi connectivity index (χ3v) is 6.21. The van der Waals surface area contributed by atoms with Crippen molar-refractivity contribution in [2.75, 3.05) is 18.4 Å². The first-order chi connectivity index (χ1) is 16.0. The van der Waals surface area contributed by atoms with Crippen LogP contribution in [0.2, 0.25) is 5.02 Å². The van der Waals surface area contributed by atoms with Gasteiger partial charge < -0.3 is 15.1 Å². The van der Waals surface area contributed by atoms with Crippen LogP contribution < -0.4 is 5.32 Å². The number of amides is 3. The first-order valence-electron chi connectivity index (χ1n) is 10.8. The number of benzene rings is 2. The molecule has 0 saturated carbocycles. The number of urea groups is 1. The van der Waals surface area contributed by atoms with Crippen molar-refractivity contribution in [3.05, 3.63) is 87.3 Å². The van der Waals surface area contributed by atoms with Crippen LogP contribution in [0.4, 0.5) is 14.9 Å². The van der Waals surface area contributed by atoms with Crippen LogP contribution in [0.5, 0.6) is 0 Å². The maximum Gasteiger partial charge on any atom is 0.322 e. The van der Waals surface area contributed by atoms with Gasteiger partial charge in [-0.15, -0.1) is 11.3 Å². The zero-order chi connectivity index (χ0) is 23.6. The lowest BCUT2D eigenvalue weighted by atomic mass is 10.2. The number of nitrogens with zero attached hydrogens (tertiary/aromatic N) is 2. The Morgan fingerprint density at radius 3 is 2.48 bits per heavy atom. The van der Waals surface area contributed by atoms with Crippen molar-refractivity contribution in [2.24, 2.45) is 0 Å². The number of hydrogen-bond donors (Lipinski definition) is 1. The molecule has 1 aromatic heterocycles. The molecule has 0 unspecified atom stereocenters. The third-order valence-electron chi connectivity index (χ3n) is 5.06. The molecule has 2 aromatic carbocycles. The topological polar surface area (TPSA) is 52.7 Å². The van der Waals surface area contributed by atoms with E-state index in [-0.39, 0.29) is 17.5 Å². The zero-order valence-electron chi connectivity index (χ0n) is 18.5. The lowest BCUT2D eigenvalue weighted by Crippen LogP contribution is -2.44. The van der Waals surface area contributed by atoms with E-state index in [1.165, 1.54) is 23.1 Å². The van der Waals surface area contributed by atoms with Gasteiger partial charge in [-0.25, -0.2) is 9.18 Å². The quantitative estimate of drug-likeness (QED) is 0.359. The summed E-state index contributed by atoms with van der Waals surface area (Å²) in [6.07, 6.45) is 1.64. The normalized spacial score (nSPS) is 10.6. The van der Waals surface area contributed by atoms with Crippen molar-refractivity contribution >= 4 is 40.6 Å². The molecule has 174 valence electrons. The number of rotatable bonds is 10.